The van der Waals surface area contributed by atoms with Crippen molar-refractivity contribution in [1.82, 2.24) is 4.57 Å². The maximum Gasteiger partial charge on any atom is 0.307 e. The van der Waals surface area contributed by atoms with Gasteiger partial charge in [-0.05, 0) is 30.0 Å². The first-order valence-electron chi connectivity index (χ1n) is 6.66. The fraction of sp³-hybridized carbons (Fsp3) is 0.357. The van der Waals surface area contributed by atoms with Crippen LogP contribution < -0.4 is 0 Å². The monoisotopic (exact) mass is 288 g/mol. The second-order valence-corrected chi connectivity index (χ2v) is 5.14. The summed E-state index contributed by atoms with van der Waals surface area (Å²) in [6.45, 7) is 0.385. The summed E-state index contributed by atoms with van der Waals surface area (Å²) in [6, 6.07) is 4.46. The topological polar surface area (TPSA) is 91.0 Å². The quantitative estimate of drug-likeness (QED) is 0.534. The molecule has 7 heteroatoms. The van der Waals surface area contributed by atoms with E-state index in [4.69, 9.17) is 10.6 Å². The van der Waals surface area contributed by atoms with Crippen LogP contribution in [0.4, 0.5) is 4.39 Å². The van der Waals surface area contributed by atoms with Gasteiger partial charge in [0.1, 0.15) is 5.82 Å². The highest BCUT2D eigenvalue weighted by Gasteiger charge is 2.26. The molecule has 0 saturated heterocycles. The Labute approximate surface area is 119 Å². The van der Waals surface area contributed by atoms with Crippen LogP contribution in [-0.2, 0) is 24.2 Å². The highest BCUT2D eigenvalue weighted by atomic mass is 19.1. The molecule has 1 aromatic heterocycles. The van der Waals surface area contributed by atoms with E-state index in [1.54, 1.807) is 16.7 Å². The average molecular weight is 288 g/mol. The SMILES string of the molecule is [N-]=[N+]=N[C@@H]1CCc2c(CC(=O)O)c3cccc(F)c3n2C1. The number of nitrogens with zero attached hydrogens (tertiary/aromatic N) is 4. The zero-order chi connectivity index (χ0) is 15.0. The fourth-order valence-corrected chi connectivity index (χ4v) is 3.09. The number of aliphatic carboxylic acids is 1. The first kappa shape index (κ1) is 13.5. The van der Waals surface area contributed by atoms with Gasteiger partial charge in [0, 0.05) is 22.5 Å². The molecule has 1 aliphatic heterocycles. The van der Waals surface area contributed by atoms with Gasteiger partial charge < -0.3 is 9.67 Å². The van der Waals surface area contributed by atoms with Gasteiger partial charge in [0.15, 0.2) is 0 Å². The van der Waals surface area contributed by atoms with Crippen LogP contribution in [0.1, 0.15) is 17.7 Å². The third-order valence-corrected chi connectivity index (χ3v) is 3.91. The number of azide groups is 1. The number of benzene rings is 1. The van der Waals surface area contributed by atoms with E-state index in [0.717, 1.165) is 5.69 Å². The van der Waals surface area contributed by atoms with E-state index < -0.39 is 5.97 Å². The Hall–Kier alpha value is -2.53. The van der Waals surface area contributed by atoms with Crippen LogP contribution >= 0.6 is 0 Å². The van der Waals surface area contributed by atoms with E-state index in [2.05, 4.69) is 10.0 Å². The van der Waals surface area contributed by atoms with Crippen molar-refractivity contribution in [2.75, 3.05) is 0 Å². The molecule has 1 aromatic carbocycles. The smallest absolute Gasteiger partial charge is 0.307 e. The molecule has 108 valence electrons. The first-order chi connectivity index (χ1) is 10.1. The summed E-state index contributed by atoms with van der Waals surface area (Å²) in [6.07, 6.45) is 1.10. The minimum absolute atomic E-state index is 0.130. The van der Waals surface area contributed by atoms with Gasteiger partial charge in [-0.3, -0.25) is 4.79 Å². The van der Waals surface area contributed by atoms with Gasteiger partial charge in [-0.15, -0.1) is 0 Å². The Balaban J connectivity index is 2.23. The molecule has 0 bridgehead atoms. The molecule has 1 aliphatic rings. The normalized spacial score (nSPS) is 17.3. The highest BCUT2D eigenvalue weighted by molar-refractivity contribution is 5.89. The summed E-state index contributed by atoms with van der Waals surface area (Å²) in [5, 5.41) is 13.4. The average Bonchev–Trinajstić information content (AvgIpc) is 2.74. The van der Waals surface area contributed by atoms with E-state index in [9.17, 15) is 9.18 Å². The number of hydrogen-bond donors (Lipinski definition) is 1. The Morgan fingerprint density at radius 2 is 2.38 bits per heavy atom. The van der Waals surface area contributed by atoms with Crippen LogP contribution in [0.2, 0.25) is 0 Å². The third kappa shape index (κ3) is 2.21. The van der Waals surface area contributed by atoms with Crippen molar-refractivity contribution in [2.45, 2.75) is 31.8 Å². The molecular weight excluding hydrogens is 275 g/mol. The van der Waals surface area contributed by atoms with Gasteiger partial charge in [0.25, 0.3) is 0 Å². The van der Waals surface area contributed by atoms with Crippen molar-refractivity contribution in [1.29, 1.82) is 0 Å². The van der Waals surface area contributed by atoms with Gasteiger partial charge in [0.05, 0.1) is 18.0 Å². The predicted molar refractivity (Wildman–Crippen MR) is 74.5 cm³/mol. The van der Waals surface area contributed by atoms with Crippen molar-refractivity contribution in [3.8, 4) is 0 Å². The zero-order valence-corrected chi connectivity index (χ0v) is 11.2. The molecule has 6 nitrogen and oxygen atoms in total. The lowest BCUT2D eigenvalue weighted by molar-refractivity contribution is -0.136. The molecule has 0 amide bonds. The molecule has 3 rings (SSSR count). The van der Waals surface area contributed by atoms with Crippen LogP contribution in [0.15, 0.2) is 23.3 Å². The number of aromatic nitrogens is 1. The largest absolute Gasteiger partial charge is 0.481 e. The Kier molecular flexibility index (Phi) is 3.27. The molecule has 2 heterocycles. The second kappa shape index (κ2) is 5.10. The molecule has 0 spiro atoms. The number of carboxylic acid groups (broad SMARTS) is 1. The minimum atomic E-state index is -0.938. The summed E-state index contributed by atoms with van der Waals surface area (Å²) < 4.78 is 15.9. The minimum Gasteiger partial charge on any atom is -0.481 e. The van der Waals surface area contributed by atoms with Gasteiger partial charge in [-0.1, -0.05) is 17.2 Å². The highest BCUT2D eigenvalue weighted by Crippen LogP contribution is 2.33. The molecule has 0 saturated carbocycles. The van der Waals surface area contributed by atoms with Gasteiger partial charge in [0.2, 0.25) is 0 Å². The van der Waals surface area contributed by atoms with Crippen LogP contribution in [0, 0.1) is 5.82 Å². The number of para-hydroxylation sites is 1. The van der Waals surface area contributed by atoms with E-state index in [1.807, 2.05) is 0 Å². The molecule has 1 N–H and O–H groups in total. The van der Waals surface area contributed by atoms with Crippen molar-refractivity contribution in [3.63, 3.8) is 0 Å². The first-order valence-corrected chi connectivity index (χ1v) is 6.66. The van der Waals surface area contributed by atoms with E-state index in [1.165, 1.54) is 6.07 Å². The molecule has 0 radical (unpaired) electrons. The molecule has 0 aliphatic carbocycles. The fourth-order valence-electron chi connectivity index (χ4n) is 3.09. The number of carboxylic acids is 1. The molecule has 0 fully saturated rings. The molecule has 21 heavy (non-hydrogen) atoms. The van der Waals surface area contributed by atoms with Crippen molar-refractivity contribution in [3.05, 3.63) is 45.7 Å². The lowest BCUT2D eigenvalue weighted by Gasteiger charge is -2.22. The van der Waals surface area contributed by atoms with E-state index >= 15 is 0 Å². The Bertz CT molecular complexity index is 777. The summed E-state index contributed by atoms with van der Waals surface area (Å²) in [5.74, 6) is -1.32. The summed E-state index contributed by atoms with van der Waals surface area (Å²) >= 11 is 0. The lowest BCUT2D eigenvalue weighted by Crippen LogP contribution is -2.23. The third-order valence-electron chi connectivity index (χ3n) is 3.91. The Morgan fingerprint density at radius 1 is 1.57 bits per heavy atom. The molecular formula is C14H13FN4O2. The maximum absolute atomic E-state index is 14.2. The lowest BCUT2D eigenvalue weighted by atomic mass is 10.0. The summed E-state index contributed by atoms with van der Waals surface area (Å²) in [4.78, 5) is 13.9. The molecule has 1 atom stereocenters. The van der Waals surface area contributed by atoms with Gasteiger partial charge in [-0.25, -0.2) is 4.39 Å². The van der Waals surface area contributed by atoms with Crippen LogP contribution in [0.3, 0.4) is 0 Å². The summed E-state index contributed by atoms with van der Waals surface area (Å²) in [5.41, 5.74) is 10.5. The number of halogens is 1. The van der Waals surface area contributed by atoms with Crippen molar-refractivity contribution in [2.24, 2.45) is 5.11 Å². The van der Waals surface area contributed by atoms with Gasteiger partial charge in [-0.2, -0.15) is 0 Å². The van der Waals surface area contributed by atoms with Crippen LogP contribution in [-0.4, -0.2) is 21.7 Å². The number of rotatable bonds is 3. The van der Waals surface area contributed by atoms with Crippen molar-refractivity contribution < 1.29 is 14.3 Å². The van der Waals surface area contributed by atoms with Crippen molar-refractivity contribution >= 4 is 16.9 Å². The van der Waals surface area contributed by atoms with Crippen LogP contribution in [0.25, 0.3) is 21.3 Å². The Morgan fingerprint density at radius 3 is 3.10 bits per heavy atom. The van der Waals surface area contributed by atoms with E-state index in [0.29, 0.717) is 35.9 Å². The molecule has 2 aromatic rings. The number of carbonyl (C=O) groups is 1. The zero-order valence-electron chi connectivity index (χ0n) is 11.2. The van der Waals surface area contributed by atoms with E-state index in [-0.39, 0.29) is 18.3 Å². The van der Waals surface area contributed by atoms with Gasteiger partial charge >= 0.3 is 5.97 Å². The number of hydrogen-bond acceptors (Lipinski definition) is 2. The number of fused-ring (bicyclic) bond motifs is 3. The molecule has 0 unspecified atom stereocenters. The second-order valence-electron chi connectivity index (χ2n) is 5.14. The van der Waals surface area contributed by atoms with Crippen LogP contribution in [0.5, 0.6) is 0 Å². The summed E-state index contributed by atoms with van der Waals surface area (Å²) in [7, 11) is 0. The maximum atomic E-state index is 14.2. The standard InChI is InChI=1S/C14H13FN4O2/c15-11-3-1-2-9-10(6-13(20)21)12-5-4-8(17-18-16)7-19(12)14(9)11/h1-3,8H,4-7H2,(H,20,21)/t8-/m1/s1. The predicted octanol–water partition coefficient (Wildman–Crippen LogP) is 3.03.